The summed E-state index contributed by atoms with van der Waals surface area (Å²) in [6, 6.07) is 0.431. The van der Waals surface area contributed by atoms with Crippen LogP contribution in [0.25, 0.3) is 0 Å². The lowest BCUT2D eigenvalue weighted by atomic mass is 9.96. The Balaban J connectivity index is 0.00000264. The number of nitrogens with zero attached hydrogens (tertiary/aromatic N) is 2. The van der Waals surface area contributed by atoms with Crippen LogP contribution in [0.2, 0.25) is 0 Å². The van der Waals surface area contributed by atoms with E-state index in [1.807, 2.05) is 0 Å². The number of halogens is 1. The van der Waals surface area contributed by atoms with Crippen LogP contribution >= 0.6 is 24.0 Å². The molecule has 3 atom stereocenters. The van der Waals surface area contributed by atoms with Gasteiger partial charge in [0.15, 0.2) is 5.96 Å². The molecule has 136 valence electrons. The Kier molecular flexibility index (Phi) is 10.4. The van der Waals surface area contributed by atoms with Crippen molar-refractivity contribution in [3.05, 3.63) is 0 Å². The van der Waals surface area contributed by atoms with E-state index < -0.39 is 0 Å². The van der Waals surface area contributed by atoms with Crippen LogP contribution in [-0.2, 0) is 9.47 Å². The standard InChI is InChI=1S/C16H32N4O2.HI/c1-4-17-16(18-8-5-9-20(2)10-11-21-3)19-14-12-13-6-7-15(14)22-13;/h13-15H,4-12H2,1-3H3,(H2,17,18,19);1H. The second-order valence-electron chi connectivity index (χ2n) is 6.27. The molecule has 23 heavy (non-hydrogen) atoms. The first kappa shape index (κ1) is 20.9. The Hall–Kier alpha value is -0.120. The topological polar surface area (TPSA) is 58.1 Å². The third-order valence-corrected chi connectivity index (χ3v) is 4.42. The number of likely N-dealkylation sites (N-methyl/N-ethyl adjacent to an activating group) is 1. The summed E-state index contributed by atoms with van der Waals surface area (Å²) in [6.07, 6.45) is 5.45. The maximum Gasteiger partial charge on any atom is 0.191 e. The first-order valence-electron chi connectivity index (χ1n) is 8.60. The maximum atomic E-state index is 5.89. The van der Waals surface area contributed by atoms with Gasteiger partial charge in [0.05, 0.1) is 24.9 Å². The van der Waals surface area contributed by atoms with Crippen LogP contribution in [0.5, 0.6) is 0 Å². The SMILES string of the molecule is CCNC(=NCCCN(C)CCOC)NC1CC2CCC1O2.I. The first-order chi connectivity index (χ1) is 10.7. The van der Waals surface area contributed by atoms with Crippen LogP contribution < -0.4 is 10.6 Å². The molecule has 0 amide bonds. The highest BCUT2D eigenvalue weighted by atomic mass is 127. The van der Waals surface area contributed by atoms with Gasteiger partial charge >= 0.3 is 0 Å². The minimum Gasteiger partial charge on any atom is -0.383 e. The van der Waals surface area contributed by atoms with E-state index in [2.05, 4.69) is 29.5 Å². The van der Waals surface area contributed by atoms with Gasteiger partial charge in [-0.3, -0.25) is 4.99 Å². The molecule has 0 spiro atoms. The summed E-state index contributed by atoms with van der Waals surface area (Å²) in [5.41, 5.74) is 0. The molecule has 2 aliphatic rings. The Labute approximate surface area is 157 Å². The second-order valence-corrected chi connectivity index (χ2v) is 6.27. The lowest BCUT2D eigenvalue weighted by Gasteiger charge is -2.22. The molecule has 0 aliphatic carbocycles. The minimum absolute atomic E-state index is 0. The molecule has 0 aromatic rings. The van der Waals surface area contributed by atoms with Gasteiger partial charge in [0.1, 0.15) is 0 Å². The van der Waals surface area contributed by atoms with Crippen molar-refractivity contribution in [1.82, 2.24) is 15.5 Å². The molecule has 0 radical (unpaired) electrons. The van der Waals surface area contributed by atoms with Crippen molar-refractivity contribution in [1.29, 1.82) is 0 Å². The zero-order valence-electron chi connectivity index (χ0n) is 14.7. The Bertz CT molecular complexity index is 357. The average Bonchev–Trinajstić information content (AvgIpc) is 3.12. The van der Waals surface area contributed by atoms with E-state index in [0.717, 1.165) is 51.6 Å². The number of aliphatic imine (C=N–C) groups is 1. The normalized spacial score (nSPS) is 26.4. The Morgan fingerprint density at radius 3 is 2.78 bits per heavy atom. The summed E-state index contributed by atoms with van der Waals surface area (Å²) in [5.74, 6) is 0.934. The molecule has 0 aromatic heterocycles. The van der Waals surface area contributed by atoms with Gasteiger partial charge in [-0.15, -0.1) is 24.0 Å². The molecule has 7 heteroatoms. The van der Waals surface area contributed by atoms with Gasteiger partial charge in [0, 0.05) is 26.7 Å². The van der Waals surface area contributed by atoms with Crippen LogP contribution in [0.1, 0.15) is 32.6 Å². The third kappa shape index (κ3) is 7.11. The fourth-order valence-corrected chi connectivity index (χ4v) is 3.18. The average molecular weight is 440 g/mol. The molecule has 2 heterocycles. The van der Waals surface area contributed by atoms with E-state index >= 15 is 0 Å². The minimum atomic E-state index is 0. The van der Waals surface area contributed by atoms with Gasteiger partial charge in [-0.1, -0.05) is 0 Å². The number of hydrogen-bond acceptors (Lipinski definition) is 4. The van der Waals surface area contributed by atoms with Crippen molar-refractivity contribution in [2.75, 3.05) is 46.9 Å². The first-order valence-corrected chi connectivity index (χ1v) is 8.60. The Morgan fingerprint density at radius 2 is 2.17 bits per heavy atom. The van der Waals surface area contributed by atoms with Crippen LogP contribution in [-0.4, -0.2) is 76.1 Å². The van der Waals surface area contributed by atoms with Crippen molar-refractivity contribution in [2.45, 2.75) is 50.9 Å². The van der Waals surface area contributed by atoms with Crippen LogP contribution in [0, 0.1) is 0 Å². The molecule has 2 fully saturated rings. The molecule has 2 bridgehead atoms. The number of fused-ring (bicyclic) bond motifs is 2. The zero-order valence-corrected chi connectivity index (χ0v) is 17.0. The number of rotatable bonds is 9. The number of ether oxygens (including phenoxy) is 2. The van der Waals surface area contributed by atoms with Crippen LogP contribution in [0.3, 0.4) is 0 Å². The maximum absolute atomic E-state index is 5.89. The van der Waals surface area contributed by atoms with Crippen molar-refractivity contribution < 1.29 is 9.47 Å². The van der Waals surface area contributed by atoms with E-state index in [1.54, 1.807) is 7.11 Å². The van der Waals surface area contributed by atoms with Gasteiger partial charge < -0.3 is 25.0 Å². The number of hydrogen-bond donors (Lipinski definition) is 2. The van der Waals surface area contributed by atoms with Crippen molar-refractivity contribution in [3.63, 3.8) is 0 Å². The molecular weight excluding hydrogens is 407 g/mol. The Morgan fingerprint density at radius 1 is 1.35 bits per heavy atom. The van der Waals surface area contributed by atoms with Crippen molar-refractivity contribution in [2.24, 2.45) is 4.99 Å². The highest BCUT2D eigenvalue weighted by molar-refractivity contribution is 14.0. The fourth-order valence-electron chi connectivity index (χ4n) is 3.18. The summed E-state index contributed by atoms with van der Waals surface area (Å²) in [5, 5.41) is 6.89. The fraction of sp³-hybridized carbons (Fsp3) is 0.938. The monoisotopic (exact) mass is 440 g/mol. The second kappa shape index (κ2) is 11.4. The van der Waals surface area contributed by atoms with Crippen molar-refractivity contribution >= 4 is 29.9 Å². The summed E-state index contributed by atoms with van der Waals surface area (Å²) in [4.78, 5) is 6.97. The quantitative estimate of drug-likeness (QED) is 0.246. The van der Waals surface area contributed by atoms with E-state index in [9.17, 15) is 0 Å². The number of methoxy groups -OCH3 is 1. The van der Waals surface area contributed by atoms with Crippen LogP contribution in [0.4, 0.5) is 0 Å². The molecule has 2 saturated heterocycles. The predicted molar refractivity (Wildman–Crippen MR) is 105 cm³/mol. The summed E-state index contributed by atoms with van der Waals surface area (Å²) in [7, 11) is 3.87. The molecule has 0 aromatic carbocycles. The number of guanidine groups is 1. The predicted octanol–water partition coefficient (Wildman–Crippen LogP) is 1.45. The van der Waals surface area contributed by atoms with Gasteiger partial charge in [-0.2, -0.15) is 0 Å². The van der Waals surface area contributed by atoms with Crippen molar-refractivity contribution in [3.8, 4) is 0 Å². The van der Waals surface area contributed by atoms with E-state index in [0.29, 0.717) is 18.2 Å². The van der Waals surface area contributed by atoms with E-state index in [1.165, 1.54) is 12.8 Å². The highest BCUT2D eigenvalue weighted by Crippen LogP contribution is 2.34. The summed E-state index contributed by atoms with van der Waals surface area (Å²) in [6.45, 7) is 6.64. The van der Waals surface area contributed by atoms with Crippen LogP contribution in [0.15, 0.2) is 4.99 Å². The molecule has 2 rings (SSSR count). The molecule has 2 N–H and O–H groups in total. The lowest BCUT2D eigenvalue weighted by molar-refractivity contribution is 0.0992. The molecule has 3 unspecified atom stereocenters. The molecule has 6 nitrogen and oxygen atoms in total. The largest absolute Gasteiger partial charge is 0.383 e. The molecule has 0 saturated carbocycles. The zero-order chi connectivity index (χ0) is 15.8. The molecular formula is C16H33IN4O2. The highest BCUT2D eigenvalue weighted by Gasteiger charge is 2.41. The smallest absolute Gasteiger partial charge is 0.191 e. The van der Waals surface area contributed by atoms with Gasteiger partial charge in [-0.25, -0.2) is 0 Å². The summed E-state index contributed by atoms with van der Waals surface area (Å²) < 4.78 is 11.0. The number of nitrogens with one attached hydrogen (secondary N) is 2. The van der Waals surface area contributed by atoms with Gasteiger partial charge in [0.2, 0.25) is 0 Å². The molecule has 2 aliphatic heterocycles. The van der Waals surface area contributed by atoms with Gasteiger partial charge in [-0.05, 0) is 46.2 Å². The van der Waals surface area contributed by atoms with E-state index in [4.69, 9.17) is 14.5 Å². The van der Waals surface area contributed by atoms with E-state index in [-0.39, 0.29) is 24.0 Å². The lowest BCUT2D eigenvalue weighted by Crippen LogP contribution is -2.47. The van der Waals surface area contributed by atoms with Gasteiger partial charge in [0.25, 0.3) is 0 Å². The summed E-state index contributed by atoms with van der Waals surface area (Å²) >= 11 is 0. The third-order valence-electron chi connectivity index (χ3n) is 4.42.